The summed E-state index contributed by atoms with van der Waals surface area (Å²) in [6.45, 7) is 0.264. The Morgan fingerprint density at radius 1 is 0.958 bits per heavy atom. The summed E-state index contributed by atoms with van der Waals surface area (Å²) in [5.41, 5.74) is 1.91. The van der Waals surface area contributed by atoms with E-state index < -0.39 is 0 Å². The van der Waals surface area contributed by atoms with Crippen LogP contribution in [0, 0.1) is 0 Å². The largest absolute Gasteiger partial charge is 0.454 e. The molecule has 1 aliphatic rings. The predicted octanol–water partition coefficient (Wildman–Crippen LogP) is 4.14. The third kappa shape index (κ3) is 2.91. The molecule has 3 aromatic rings. The Bertz CT molecular complexity index is 899. The summed E-state index contributed by atoms with van der Waals surface area (Å²) < 4.78 is 10.7. The summed E-state index contributed by atoms with van der Waals surface area (Å²) in [6.07, 6.45) is 1.08. The second-order valence-corrected chi connectivity index (χ2v) is 5.76. The molecule has 4 nitrogen and oxygen atoms in total. The van der Waals surface area contributed by atoms with Gasteiger partial charge in [0.15, 0.2) is 11.5 Å². The zero-order valence-electron chi connectivity index (χ0n) is 13.1. The van der Waals surface area contributed by atoms with Crippen molar-refractivity contribution in [1.29, 1.82) is 0 Å². The van der Waals surface area contributed by atoms with E-state index >= 15 is 0 Å². The van der Waals surface area contributed by atoms with Crippen LogP contribution in [0.3, 0.4) is 0 Å². The van der Waals surface area contributed by atoms with Gasteiger partial charge in [-0.2, -0.15) is 0 Å². The first-order valence-corrected chi connectivity index (χ1v) is 7.96. The van der Waals surface area contributed by atoms with Crippen molar-refractivity contribution in [3.8, 4) is 11.5 Å². The van der Waals surface area contributed by atoms with Crippen LogP contribution in [0.5, 0.6) is 11.5 Å². The van der Waals surface area contributed by atoms with Gasteiger partial charge in [0.1, 0.15) is 0 Å². The summed E-state index contributed by atoms with van der Waals surface area (Å²) in [4.78, 5) is 12.3. The number of fused-ring (bicyclic) bond motifs is 2. The number of anilines is 1. The van der Waals surface area contributed by atoms with Crippen molar-refractivity contribution in [2.45, 2.75) is 12.8 Å². The zero-order valence-corrected chi connectivity index (χ0v) is 13.1. The molecule has 0 atom stereocenters. The third-order valence-electron chi connectivity index (χ3n) is 4.14. The highest BCUT2D eigenvalue weighted by Crippen LogP contribution is 2.32. The lowest BCUT2D eigenvalue weighted by Gasteiger charge is -2.09. The van der Waals surface area contributed by atoms with E-state index in [1.807, 2.05) is 60.7 Å². The average molecular weight is 319 g/mol. The second kappa shape index (κ2) is 6.24. The Balaban J connectivity index is 1.43. The third-order valence-corrected chi connectivity index (χ3v) is 4.14. The fraction of sp³-hybridized carbons (Fsp3) is 0.150. The quantitative estimate of drug-likeness (QED) is 0.786. The second-order valence-electron chi connectivity index (χ2n) is 5.76. The summed E-state index contributed by atoms with van der Waals surface area (Å²) in [6, 6.07) is 19.7. The van der Waals surface area contributed by atoms with Crippen molar-refractivity contribution in [3.05, 3.63) is 66.2 Å². The van der Waals surface area contributed by atoms with Crippen LogP contribution in [0.4, 0.5) is 5.69 Å². The maximum Gasteiger partial charge on any atom is 0.231 e. The summed E-state index contributed by atoms with van der Waals surface area (Å²) in [5.74, 6) is 1.52. The standard InChI is InChI=1S/C20H17NO3/c22-20(11-9-14-8-10-18-19(12-14)24-13-23-18)21-17-7-3-5-15-4-1-2-6-16(15)17/h1-8,10,12H,9,11,13H2,(H,21,22). The topological polar surface area (TPSA) is 47.6 Å². The van der Waals surface area contributed by atoms with E-state index in [9.17, 15) is 4.79 Å². The van der Waals surface area contributed by atoms with E-state index in [2.05, 4.69) is 5.32 Å². The number of hydrogen-bond acceptors (Lipinski definition) is 3. The lowest BCUT2D eigenvalue weighted by Crippen LogP contribution is -2.12. The Morgan fingerprint density at radius 3 is 2.75 bits per heavy atom. The summed E-state index contributed by atoms with van der Waals surface area (Å²) in [7, 11) is 0. The van der Waals surface area contributed by atoms with Crippen LogP contribution in [-0.4, -0.2) is 12.7 Å². The number of nitrogens with one attached hydrogen (secondary N) is 1. The summed E-state index contributed by atoms with van der Waals surface area (Å²) in [5, 5.41) is 5.18. The molecule has 24 heavy (non-hydrogen) atoms. The number of carbonyl (C=O) groups is 1. The Kier molecular flexibility index (Phi) is 3.79. The van der Waals surface area contributed by atoms with Crippen molar-refractivity contribution < 1.29 is 14.3 Å². The molecule has 0 fully saturated rings. The van der Waals surface area contributed by atoms with Gasteiger partial charge in [-0.05, 0) is 35.6 Å². The molecule has 1 N–H and O–H groups in total. The molecule has 0 saturated heterocycles. The van der Waals surface area contributed by atoms with Crippen LogP contribution in [0.1, 0.15) is 12.0 Å². The zero-order chi connectivity index (χ0) is 16.4. The van der Waals surface area contributed by atoms with Crippen molar-refractivity contribution in [2.75, 3.05) is 12.1 Å². The Hall–Kier alpha value is -3.01. The number of carbonyl (C=O) groups excluding carboxylic acids is 1. The van der Waals surface area contributed by atoms with E-state index in [0.717, 1.165) is 33.5 Å². The van der Waals surface area contributed by atoms with E-state index in [1.165, 1.54) is 0 Å². The van der Waals surface area contributed by atoms with Crippen LogP contribution in [0.15, 0.2) is 60.7 Å². The molecule has 0 aromatic heterocycles. The number of amides is 1. The minimum absolute atomic E-state index is 0.00372. The molecular weight excluding hydrogens is 302 g/mol. The molecule has 0 spiro atoms. The smallest absolute Gasteiger partial charge is 0.231 e. The first-order valence-electron chi connectivity index (χ1n) is 7.96. The number of ether oxygens (including phenoxy) is 2. The van der Waals surface area contributed by atoms with E-state index in [0.29, 0.717) is 12.8 Å². The van der Waals surface area contributed by atoms with Crippen molar-refractivity contribution in [2.24, 2.45) is 0 Å². The van der Waals surface area contributed by atoms with Crippen molar-refractivity contribution in [1.82, 2.24) is 0 Å². The van der Waals surface area contributed by atoms with E-state index in [4.69, 9.17) is 9.47 Å². The molecule has 120 valence electrons. The first kappa shape index (κ1) is 14.6. The SMILES string of the molecule is O=C(CCc1ccc2c(c1)OCO2)Nc1cccc2ccccc12. The first-order chi connectivity index (χ1) is 11.8. The molecule has 0 radical (unpaired) electrons. The fourth-order valence-corrected chi connectivity index (χ4v) is 2.90. The highest BCUT2D eigenvalue weighted by molar-refractivity contribution is 6.02. The monoisotopic (exact) mass is 319 g/mol. The molecule has 0 saturated carbocycles. The van der Waals surface area contributed by atoms with Gasteiger partial charge in [0, 0.05) is 17.5 Å². The summed E-state index contributed by atoms with van der Waals surface area (Å²) >= 11 is 0. The van der Waals surface area contributed by atoms with Crippen LogP contribution in [0.25, 0.3) is 10.8 Å². The molecule has 1 amide bonds. The average Bonchev–Trinajstić information content (AvgIpc) is 3.08. The van der Waals surface area contributed by atoms with Gasteiger partial charge < -0.3 is 14.8 Å². The van der Waals surface area contributed by atoms with Gasteiger partial charge in [-0.25, -0.2) is 0 Å². The van der Waals surface area contributed by atoms with Gasteiger partial charge in [0.25, 0.3) is 0 Å². The van der Waals surface area contributed by atoms with Gasteiger partial charge >= 0.3 is 0 Å². The molecule has 0 bridgehead atoms. The molecule has 4 heteroatoms. The van der Waals surface area contributed by atoms with Crippen molar-refractivity contribution in [3.63, 3.8) is 0 Å². The molecule has 0 aliphatic carbocycles. The number of rotatable bonds is 4. The van der Waals surface area contributed by atoms with E-state index in [-0.39, 0.29) is 12.7 Å². The molecule has 0 unspecified atom stereocenters. The molecule has 4 rings (SSSR count). The number of benzene rings is 3. The lowest BCUT2D eigenvalue weighted by atomic mass is 10.1. The van der Waals surface area contributed by atoms with E-state index in [1.54, 1.807) is 0 Å². The van der Waals surface area contributed by atoms with Gasteiger partial charge in [0.2, 0.25) is 12.7 Å². The van der Waals surface area contributed by atoms with Crippen LogP contribution in [-0.2, 0) is 11.2 Å². The minimum Gasteiger partial charge on any atom is -0.454 e. The van der Waals surface area contributed by atoms with Gasteiger partial charge in [0.05, 0.1) is 0 Å². The van der Waals surface area contributed by atoms with Crippen molar-refractivity contribution >= 4 is 22.4 Å². The van der Waals surface area contributed by atoms with Crippen LogP contribution >= 0.6 is 0 Å². The molecular formula is C20H17NO3. The van der Waals surface area contributed by atoms with Gasteiger partial charge in [-0.15, -0.1) is 0 Å². The number of hydrogen-bond donors (Lipinski definition) is 1. The minimum atomic E-state index is 0.00372. The lowest BCUT2D eigenvalue weighted by molar-refractivity contribution is -0.116. The highest BCUT2D eigenvalue weighted by Gasteiger charge is 2.13. The molecule has 1 aliphatic heterocycles. The maximum atomic E-state index is 12.3. The highest BCUT2D eigenvalue weighted by atomic mass is 16.7. The Labute approximate surface area is 140 Å². The van der Waals surface area contributed by atoms with Gasteiger partial charge in [-0.3, -0.25) is 4.79 Å². The fourth-order valence-electron chi connectivity index (χ4n) is 2.90. The normalized spacial score (nSPS) is 12.3. The molecule has 3 aromatic carbocycles. The predicted molar refractivity (Wildman–Crippen MR) is 93.5 cm³/mol. The van der Waals surface area contributed by atoms with Crippen LogP contribution < -0.4 is 14.8 Å². The molecule has 1 heterocycles. The maximum absolute atomic E-state index is 12.3. The Morgan fingerprint density at radius 2 is 1.79 bits per heavy atom. The number of aryl methyl sites for hydroxylation is 1. The van der Waals surface area contributed by atoms with Crippen LogP contribution in [0.2, 0.25) is 0 Å². The van der Waals surface area contributed by atoms with Gasteiger partial charge in [-0.1, -0.05) is 42.5 Å².